The minimum absolute atomic E-state index is 0.0745. The van der Waals surface area contributed by atoms with Crippen molar-refractivity contribution in [2.75, 3.05) is 7.11 Å². The first-order valence-corrected chi connectivity index (χ1v) is 11.9. The van der Waals surface area contributed by atoms with Gasteiger partial charge in [0.2, 0.25) is 5.91 Å². The molecule has 0 aliphatic carbocycles. The maximum absolute atomic E-state index is 13.3. The standard InChI is InChI=1S/C25H30N4O3S/c1-4-8-22(23(30)27-16-19-11-13-26-14-12-19)33-25-28-21(17-32-3)20(24(31)29(25)2)15-18-9-6-5-7-10-18/h5-7,9-14,22H,4,8,15-17H2,1-3H3,(H,27,30). The molecule has 1 aromatic carbocycles. The molecule has 2 heterocycles. The summed E-state index contributed by atoms with van der Waals surface area (Å²) >= 11 is 1.32. The van der Waals surface area contributed by atoms with Gasteiger partial charge in [-0.25, -0.2) is 4.98 Å². The van der Waals surface area contributed by atoms with Gasteiger partial charge in [-0.05, 0) is 29.7 Å². The van der Waals surface area contributed by atoms with Crippen molar-refractivity contribution in [1.29, 1.82) is 0 Å². The zero-order valence-corrected chi connectivity index (χ0v) is 20.1. The number of aromatic nitrogens is 3. The van der Waals surface area contributed by atoms with Gasteiger partial charge in [0.05, 0.1) is 17.6 Å². The number of methoxy groups -OCH3 is 1. The third kappa shape index (κ3) is 6.76. The van der Waals surface area contributed by atoms with Gasteiger partial charge in [0, 0.05) is 45.1 Å². The van der Waals surface area contributed by atoms with Crippen molar-refractivity contribution >= 4 is 17.7 Å². The maximum atomic E-state index is 13.3. The summed E-state index contributed by atoms with van der Waals surface area (Å²) in [7, 11) is 3.30. The molecule has 0 saturated heterocycles. The molecule has 0 saturated carbocycles. The van der Waals surface area contributed by atoms with E-state index < -0.39 is 0 Å². The first kappa shape index (κ1) is 24.7. The van der Waals surface area contributed by atoms with Gasteiger partial charge in [0.25, 0.3) is 5.56 Å². The summed E-state index contributed by atoms with van der Waals surface area (Å²) in [4.78, 5) is 34.9. The fraction of sp³-hybridized carbons (Fsp3) is 0.360. The number of hydrogen-bond donors (Lipinski definition) is 1. The van der Waals surface area contributed by atoms with Gasteiger partial charge in [-0.2, -0.15) is 0 Å². The summed E-state index contributed by atoms with van der Waals surface area (Å²) in [5.41, 5.74) is 3.13. The van der Waals surface area contributed by atoms with Crippen LogP contribution in [-0.2, 0) is 36.2 Å². The van der Waals surface area contributed by atoms with Crippen LogP contribution in [0.25, 0.3) is 0 Å². The summed E-state index contributed by atoms with van der Waals surface area (Å²) in [6, 6.07) is 13.6. The van der Waals surface area contributed by atoms with Crippen molar-refractivity contribution in [2.45, 2.75) is 49.7 Å². The quantitative estimate of drug-likeness (QED) is 0.344. The predicted octanol–water partition coefficient (Wildman–Crippen LogP) is 3.49. The van der Waals surface area contributed by atoms with Gasteiger partial charge >= 0.3 is 0 Å². The average molecular weight is 467 g/mol. The molecule has 0 aliphatic heterocycles. The molecule has 8 heteroatoms. The second-order valence-corrected chi connectivity index (χ2v) is 8.92. The van der Waals surface area contributed by atoms with Crippen molar-refractivity contribution in [2.24, 2.45) is 7.05 Å². The SMILES string of the molecule is CCCC(Sc1nc(COC)c(Cc2ccccc2)c(=O)n1C)C(=O)NCc1ccncc1. The van der Waals surface area contributed by atoms with E-state index in [0.717, 1.165) is 17.5 Å². The van der Waals surface area contributed by atoms with E-state index in [1.54, 1.807) is 31.1 Å². The summed E-state index contributed by atoms with van der Waals surface area (Å²) in [6.07, 6.45) is 5.40. The van der Waals surface area contributed by atoms with E-state index in [0.29, 0.717) is 35.8 Å². The van der Waals surface area contributed by atoms with Crippen LogP contribution in [0.3, 0.4) is 0 Å². The van der Waals surface area contributed by atoms with Gasteiger partial charge in [-0.1, -0.05) is 55.4 Å². The van der Waals surface area contributed by atoms with E-state index in [1.165, 1.54) is 11.8 Å². The van der Waals surface area contributed by atoms with E-state index >= 15 is 0 Å². The predicted molar refractivity (Wildman–Crippen MR) is 130 cm³/mol. The van der Waals surface area contributed by atoms with E-state index in [4.69, 9.17) is 9.72 Å². The minimum Gasteiger partial charge on any atom is -0.378 e. The molecule has 0 spiro atoms. The van der Waals surface area contributed by atoms with Crippen LogP contribution in [-0.4, -0.2) is 32.8 Å². The van der Waals surface area contributed by atoms with Crippen LogP contribution in [0.2, 0.25) is 0 Å². The number of rotatable bonds is 11. The summed E-state index contributed by atoms with van der Waals surface area (Å²) < 4.78 is 6.88. The Kier molecular flexibility index (Phi) is 9.21. The van der Waals surface area contributed by atoms with Crippen LogP contribution < -0.4 is 10.9 Å². The third-order valence-electron chi connectivity index (χ3n) is 5.24. The van der Waals surface area contributed by atoms with Gasteiger partial charge in [-0.3, -0.25) is 19.1 Å². The number of thioether (sulfide) groups is 1. The van der Waals surface area contributed by atoms with Crippen LogP contribution in [0.5, 0.6) is 0 Å². The first-order chi connectivity index (χ1) is 16.0. The molecule has 33 heavy (non-hydrogen) atoms. The van der Waals surface area contributed by atoms with Crippen LogP contribution in [0.4, 0.5) is 0 Å². The molecule has 0 aliphatic rings. The summed E-state index contributed by atoms with van der Waals surface area (Å²) in [6.45, 7) is 2.70. The normalized spacial score (nSPS) is 11.8. The Bertz CT molecular complexity index is 1100. The highest BCUT2D eigenvalue weighted by molar-refractivity contribution is 8.00. The molecular formula is C25H30N4O3S. The first-order valence-electron chi connectivity index (χ1n) is 11.0. The second kappa shape index (κ2) is 12.3. The summed E-state index contributed by atoms with van der Waals surface area (Å²) in [5, 5.41) is 3.15. The van der Waals surface area contributed by atoms with E-state index in [2.05, 4.69) is 10.3 Å². The molecule has 3 rings (SSSR count). The third-order valence-corrected chi connectivity index (χ3v) is 6.55. The number of carbonyl (C=O) groups is 1. The molecule has 174 valence electrons. The molecule has 0 fully saturated rings. The number of nitrogens with zero attached hydrogens (tertiary/aromatic N) is 3. The molecule has 2 aromatic heterocycles. The highest BCUT2D eigenvalue weighted by Gasteiger charge is 2.23. The highest BCUT2D eigenvalue weighted by Crippen LogP contribution is 2.25. The van der Waals surface area contributed by atoms with Gasteiger partial charge < -0.3 is 10.1 Å². The molecular weight excluding hydrogens is 436 g/mol. The lowest BCUT2D eigenvalue weighted by Gasteiger charge is -2.19. The van der Waals surface area contributed by atoms with E-state index in [-0.39, 0.29) is 23.3 Å². The van der Waals surface area contributed by atoms with Crippen LogP contribution in [0, 0.1) is 0 Å². The lowest BCUT2D eigenvalue weighted by Crippen LogP contribution is -2.33. The number of benzene rings is 1. The highest BCUT2D eigenvalue weighted by atomic mass is 32.2. The molecule has 0 radical (unpaired) electrons. The van der Waals surface area contributed by atoms with Gasteiger partial charge in [0.15, 0.2) is 5.16 Å². The number of pyridine rings is 1. The Morgan fingerprint density at radius 2 is 1.88 bits per heavy atom. The number of hydrogen-bond acceptors (Lipinski definition) is 6. The lowest BCUT2D eigenvalue weighted by molar-refractivity contribution is -0.120. The zero-order chi connectivity index (χ0) is 23.6. The van der Waals surface area contributed by atoms with Crippen molar-refractivity contribution in [1.82, 2.24) is 19.9 Å². The number of ether oxygens (including phenoxy) is 1. The number of amides is 1. The number of nitrogens with one attached hydrogen (secondary N) is 1. The van der Waals surface area contributed by atoms with Gasteiger partial charge in [0.1, 0.15) is 0 Å². The Morgan fingerprint density at radius 3 is 2.55 bits per heavy atom. The molecule has 1 amide bonds. The van der Waals surface area contributed by atoms with Crippen molar-refractivity contribution < 1.29 is 9.53 Å². The Morgan fingerprint density at radius 1 is 1.15 bits per heavy atom. The molecule has 7 nitrogen and oxygen atoms in total. The Balaban J connectivity index is 1.83. The van der Waals surface area contributed by atoms with Crippen molar-refractivity contribution in [3.05, 3.63) is 87.6 Å². The molecule has 3 aromatic rings. The average Bonchev–Trinajstić information content (AvgIpc) is 2.84. The molecule has 1 atom stereocenters. The Hall–Kier alpha value is -2.97. The van der Waals surface area contributed by atoms with Crippen LogP contribution >= 0.6 is 11.8 Å². The summed E-state index contributed by atoms with van der Waals surface area (Å²) in [5.74, 6) is -0.0745. The topological polar surface area (TPSA) is 86.1 Å². The maximum Gasteiger partial charge on any atom is 0.257 e. The van der Waals surface area contributed by atoms with E-state index in [9.17, 15) is 9.59 Å². The lowest BCUT2D eigenvalue weighted by atomic mass is 10.0. The van der Waals surface area contributed by atoms with Crippen LogP contribution in [0.1, 0.15) is 42.1 Å². The van der Waals surface area contributed by atoms with Crippen LogP contribution in [0.15, 0.2) is 64.8 Å². The largest absolute Gasteiger partial charge is 0.378 e. The fourth-order valence-electron chi connectivity index (χ4n) is 3.45. The van der Waals surface area contributed by atoms with Gasteiger partial charge in [-0.15, -0.1) is 0 Å². The van der Waals surface area contributed by atoms with E-state index in [1.807, 2.05) is 49.4 Å². The van der Waals surface area contributed by atoms with Crippen molar-refractivity contribution in [3.8, 4) is 0 Å². The Labute approximate surface area is 198 Å². The molecule has 1 unspecified atom stereocenters. The zero-order valence-electron chi connectivity index (χ0n) is 19.3. The fourth-order valence-corrected chi connectivity index (χ4v) is 4.65. The van der Waals surface area contributed by atoms with Crippen molar-refractivity contribution in [3.63, 3.8) is 0 Å². The minimum atomic E-state index is -0.356. The monoisotopic (exact) mass is 466 g/mol. The molecule has 1 N–H and O–H groups in total. The smallest absolute Gasteiger partial charge is 0.257 e. The number of carbonyl (C=O) groups excluding carboxylic acids is 1. The molecule has 0 bridgehead atoms. The second-order valence-electron chi connectivity index (χ2n) is 7.75.